The number of benzene rings is 2. The van der Waals surface area contributed by atoms with E-state index in [9.17, 15) is 4.79 Å². The Hall–Kier alpha value is -1.95. The number of aryl methyl sites for hydroxylation is 1. The molecule has 1 aliphatic rings. The van der Waals surface area contributed by atoms with E-state index >= 15 is 0 Å². The van der Waals surface area contributed by atoms with Gasteiger partial charge in [-0.15, -0.1) is 0 Å². The summed E-state index contributed by atoms with van der Waals surface area (Å²) >= 11 is 12.0. The second-order valence-electron chi connectivity index (χ2n) is 7.21. The van der Waals surface area contributed by atoms with Crippen molar-refractivity contribution in [2.24, 2.45) is 0 Å². The fourth-order valence-electron chi connectivity index (χ4n) is 3.40. The van der Waals surface area contributed by atoms with E-state index in [4.69, 9.17) is 27.9 Å². The predicted octanol–water partition coefficient (Wildman–Crippen LogP) is 4.01. The summed E-state index contributed by atoms with van der Waals surface area (Å²) in [5, 5.41) is 4.34. The largest absolute Gasteiger partial charge is 0.484 e. The molecule has 0 aromatic heterocycles. The summed E-state index contributed by atoms with van der Waals surface area (Å²) in [6.07, 6.45) is 0.920. The Labute approximate surface area is 182 Å². The number of halogens is 2. The third-order valence-corrected chi connectivity index (χ3v) is 5.53. The molecule has 0 atom stereocenters. The molecular weight excluding hydrogens is 409 g/mol. The van der Waals surface area contributed by atoms with Gasteiger partial charge in [0.25, 0.3) is 5.91 Å². The van der Waals surface area contributed by atoms with Crippen LogP contribution in [0.4, 0.5) is 5.69 Å². The molecule has 1 fully saturated rings. The summed E-state index contributed by atoms with van der Waals surface area (Å²) in [6.45, 7) is 7.76. The van der Waals surface area contributed by atoms with Crippen LogP contribution in [-0.4, -0.2) is 56.7 Å². The number of hydrogen-bond acceptors (Lipinski definition) is 4. The Balaban J connectivity index is 1.30. The number of anilines is 1. The topological polar surface area (TPSA) is 44.8 Å². The van der Waals surface area contributed by atoms with E-state index in [-0.39, 0.29) is 12.5 Å². The van der Waals surface area contributed by atoms with E-state index in [1.807, 2.05) is 12.1 Å². The van der Waals surface area contributed by atoms with Crippen LogP contribution in [0.25, 0.3) is 0 Å². The van der Waals surface area contributed by atoms with Crippen LogP contribution in [0.3, 0.4) is 0 Å². The minimum absolute atomic E-state index is 0.0132. The van der Waals surface area contributed by atoms with Crippen molar-refractivity contribution in [1.29, 1.82) is 0 Å². The smallest absolute Gasteiger partial charge is 0.257 e. The zero-order valence-electron chi connectivity index (χ0n) is 16.7. The van der Waals surface area contributed by atoms with Gasteiger partial charge in [-0.05, 0) is 61.9 Å². The molecule has 0 radical (unpaired) electrons. The van der Waals surface area contributed by atoms with Crippen LogP contribution in [0.15, 0.2) is 42.5 Å². The first-order valence-electron chi connectivity index (χ1n) is 9.90. The first kappa shape index (κ1) is 21.8. The van der Waals surface area contributed by atoms with Gasteiger partial charge in [0.2, 0.25) is 0 Å². The van der Waals surface area contributed by atoms with E-state index in [2.05, 4.69) is 28.1 Å². The van der Waals surface area contributed by atoms with Gasteiger partial charge in [0.05, 0.1) is 0 Å². The zero-order valence-corrected chi connectivity index (χ0v) is 18.2. The van der Waals surface area contributed by atoms with Crippen LogP contribution in [0.5, 0.6) is 5.75 Å². The molecule has 2 aromatic rings. The molecule has 0 saturated carbocycles. The predicted molar refractivity (Wildman–Crippen MR) is 119 cm³/mol. The maximum atomic E-state index is 11.9. The maximum absolute atomic E-state index is 11.9. The highest BCUT2D eigenvalue weighted by Gasteiger charge is 2.18. The quantitative estimate of drug-likeness (QED) is 0.636. The molecule has 1 amide bonds. The van der Waals surface area contributed by atoms with Gasteiger partial charge in [0.1, 0.15) is 5.75 Å². The molecule has 2 aromatic carbocycles. The highest BCUT2D eigenvalue weighted by molar-refractivity contribution is 6.31. The van der Waals surface area contributed by atoms with Gasteiger partial charge in [-0.2, -0.15) is 0 Å². The van der Waals surface area contributed by atoms with Crippen LogP contribution in [0.1, 0.15) is 12.0 Å². The molecule has 1 saturated heterocycles. The number of carbonyl (C=O) groups excluding carboxylic acids is 1. The Morgan fingerprint density at radius 2 is 1.72 bits per heavy atom. The first-order chi connectivity index (χ1) is 14.0. The van der Waals surface area contributed by atoms with Crippen molar-refractivity contribution >= 4 is 34.8 Å². The number of piperazine rings is 1. The second kappa shape index (κ2) is 10.7. The summed E-state index contributed by atoms with van der Waals surface area (Å²) in [5.41, 5.74) is 2.48. The standard InChI is InChI=1S/C22H27Cl2N3O2/c1-17-3-4-19(24)15-21(17)27-13-11-26(12-14-27)10-2-9-25-22(28)16-29-20-7-5-18(23)6-8-20/h3-8,15H,2,9-14,16H2,1H3,(H,25,28). The van der Waals surface area contributed by atoms with Gasteiger partial charge in [-0.25, -0.2) is 0 Å². The van der Waals surface area contributed by atoms with Crippen LogP contribution in [0, 0.1) is 6.92 Å². The summed E-state index contributed by atoms with van der Waals surface area (Å²) < 4.78 is 5.45. The molecule has 0 bridgehead atoms. The number of rotatable bonds is 8. The minimum Gasteiger partial charge on any atom is -0.484 e. The molecule has 1 N–H and O–H groups in total. The molecule has 0 unspecified atom stereocenters. The molecule has 1 aliphatic heterocycles. The number of nitrogens with zero attached hydrogens (tertiary/aromatic N) is 2. The Morgan fingerprint density at radius 1 is 1.03 bits per heavy atom. The van der Waals surface area contributed by atoms with Gasteiger partial charge in [0.15, 0.2) is 6.61 Å². The van der Waals surface area contributed by atoms with E-state index in [0.717, 1.165) is 44.2 Å². The molecule has 7 heteroatoms. The number of ether oxygens (including phenoxy) is 1. The molecule has 5 nitrogen and oxygen atoms in total. The van der Waals surface area contributed by atoms with Gasteiger partial charge in [-0.3, -0.25) is 9.69 Å². The van der Waals surface area contributed by atoms with Crippen molar-refractivity contribution in [2.75, 3.05) is 50.8 Å². The van der Waals surface area contributed by atoms with E-state index < -0.39 is 0 Å². The maximum Gasteiger partial charge on any atom is 0.257 e. The van der Waals surface area contributed by atoms with Crippen molar-refractivity contribution in [3.05, 3.63) is 58.1 Å². The average molecular weight is 436 g/mol. The SMILES string of the molecule is Cc1ccc(Cl)cc1N1CCN(CCCNC(=O)COc2ccc(Cl)cc2)CC1. The van der Waals surface area contributed by atoms with Crippen molar-refractivity contribution in [3.8, 4) is 5.75 Å². The molecule has 0 spiro atoms. The lowest BCUT2D eigenvalue weighted by atomic mass is 10.1. The van der Waals surface area contributed by atoms with Crippen LogP contribution >= 0.6 is 23.2 Å². The van der Waals surface area contributed by atoms with Gasteiger partial charge >= 0.3 is 0 Å². The lowest BCUT2D eigenvalue weighted by Gasteiger charge is -2.37. The van der Waals surface area contributed by atoms with E-state index in [1.54, 1.807) is 24.3 Å². The number of amides is 1. The molecule has 29 heavy (non-hydrogen) atoms. The van der Waals surface area contributed by atoms with Crippen molar-refractivity contribution in [1.82, 2.24) is 10.2 Å². The Morgan fingerprint density at radius 3 is 2.45 bits per heavy atom. The lowest BCUT2D eigenvalue weighted by molar-refractivity contribution is -0.123. The highest BCUT2D eigenvalue weighted by Crippen LogP contribution is 2.25. The van der Waals surface area contributed by atoms with Crippen LogP contribution < -0.4 is 15.0 Å². The van der Waals surface area contributed by atoms with Gasteiger partial charge < -0.3 is 15.0 Å². The van der Waals surface area contributed by atoms with Crippen molar-refractivity contribution in [3.63, 3.8) is 0 Å². The molecule has 156 valence electrons. The summed E-state index contributed by atoms with van der Waals surface area (Å²) in [5.74, 6) is 0.526. The molecule has 1 heterocycles. The molecular formula is C22H27Cl2N3O2. The van der Waals surface area contributed by atoms with E-state index in [0.29, 0.717) is 17.3 Å². The van der Waals surface area contributed by atoms with Gasteiger partial charge in [-0.1, -0.05) is 29.3 Å². The fraction of sp³-hybridized carbons (Fsp3) is 0.409. The zero-order chi connectivity index (χ0) is 20.6. The highest BCUT2D eigenvalue weighted by atomic mass is 35.5. The van der Waals surface area contributed by atoms with Crippen LogP contribution in [-0.2, 0) is 4.79 Å². The molecule has 3 rings (SSSR count). The van der Waals surface area contributed by atoms with Crippen molar-refractivity contribution in [2.45, 2.75) is 13.3 Å². The third kappa shape index (κ3) is 6.81. The van der Waals surface area contributed by atoms with E-state index in [1.165, 1.54) is 11.3 Å². The average Bonchev–Trinajstić information content (AvgIpc) is 2.73. The van der Waals surface area contributed by atoms with Crippen LogP contribution in [0.2, 0.25) is 10.0 Å². The Bertz CT molecular complexity index is 806. The van der Waals surface area contributed by atoms with Gasteiger partial charge in [0, 0.05) is 48.5 Å². The Kier molecular flexibility index (Phi) is 8.04. The second-order valence-corrected chi connectivity index (χ2v) is 8.08. The number of carbonyl (C=O) groups is 1. The lowest BCUT2D eigenvalue weighted by Crippen LogP contribution is -2.47. The number of hydrogen-bond donors (Lipinski definition) is 1. The molecule has 0 aliphatic carbocycles. The van der Waals surface area contributed by atoms with Crippen molar-refractivity contribution < 1.29 is 9.53 Å². The first-order valence-corrected chi connectivity index (χ1v) is 10.7. The summed E-state index contributed by atoms with van der Waals surface area (Å²) in [7, 11) is 0. The monoisotopic (exact) mass is 435 g/mol. The fourth-order valence-corrected chi connectivity index (χ4v) is 3.69. The summed E-state index contributed by atoms with van der Waals surface area (Å²) in [4.78, 5) is 16.7. The normalized spacial score (nSPS) is 14.7. The summed E-state index contributed by atoms with van der Waals surface area (Å²) in [6, 6.07) is 13.0. The minimum atomic E-state index is -0.110. The number of nitrogens with one attached hydrogen (secondary N) is 1. The third-order valence-electron chi connectivity index (χ3n) is 5.04.